The molecular weight excluding hydrogens is 336 g/mol. The predicted octanol–water partition coefficient (Wildman–Crippen LogP) is 1.49. The van der Waals surface area contributed by atoms with Gasteiger partial charge in [0, 0.05) is 29.1 Å². The molecule has 3 atom stereocenters. The van der Waals surface area contributed by atoms with E-state index in [9.17, 15) is 10.2 Å². The summed E-state index contributed by atoms with van der Waals surface area (Å²) in [6.45, 7) is 3.47. The van der Waals surface area contributed by atoms with Crippen LogP contribution in [0.4, 0.5) is 0 Å². The fourth-order valence-electron chi connectivity index (χ4n) is 4.04. The van der Waals surface area contributed by atoms with Gasteiger partial charge >= 0.3 is 0 Å². The van der Waals surface area contributed by atoms with Crippen LogP contribution in [0.5, 0.6) is 0 Å². The minimum absolute atomic E-state index is 0.213. The Bertz CT molecular complexity index is 989. The van der Waals surface area contributed by atoms with Crippen molar-refractivity contribution >= 4 is 10.9 Å². The molecule has 0 spiro atoms. The minimum Gasteiger partial charge on any atom is -0.380 e. The van der Waals surface area contributed by atoms with Crippen molar-refractivity contribution < 1.29 is 19.7 Å². The Labute approximate surface area is 149 Å². The molecule has 1 fully saturated rings. The Morgan fingerprint density at radius 3 is 3.00 bits per heavy atom. The Morgan fingerprint density at radius 1 is 1.38 bits per heavy atom. The number of H-pyrrole nitrogens is 1. The average molecular weight is 356 g/mol. The van der Waals surface area contributed by atoms with E-state index in [1.807, 2.05) is 30.5 Å². The number of benzene rings is 1. The second-order valence-corrected chi connectivity index (χ2v) is 7.46. The first-order valence-electron chi connectivity index (χ1n) is 8.64. The first-order valence-corrected chi connectivity index (χ1v) is 8.64. The van der Waals surface area contributed by atoms with Crippen molar-refractivity contribution in [2.24, 2.45) is 0 Å². The summed E-state index contributed by atoms with van der Waals surface area (Å²) in [5.41, 5.74) is 1.90. The van der Waals surface area contributed by atoms with Crippen LogP contribution in [0, 0.1) is 0 Å². The molecule has 0 unspecified atom stereocenters. The zero-order valence-electron chi connectivity index (χ0n) is 14.5. The lowest BCUT2D eigenvalue weighted by Crippen LogP contribution is -2.32. The zero-order valence-corrected chi connectivity index (χ0v) is 14.5. The molecule has 3 N–H and O–H groups in total. The van der Waals surface area contributed by atoms with Crippen molar-refractivity contribution in [2.75, 3.05) is 0 Å². The maximum Gasteiger partial charge on any atom is 0.164 e. The summed E-state index contributed by atoms with van der Waals surface area (Å²) in [5, 5.41) is 30.8. The van der Waals surface area contributed by atoms with Gasteiger partial charge in [-0.25, -0.2) is 4.68 Å². The third-order valence-corrected chi connectivity index (χ3v) is 5.07. The van der Waals surface area contributed by atoms with Crippen LogP contribution in [-0.4, -0.2) is 48.4 Å². The Balaban J connectivity index is 1.57. The van der Waals surface area contributed by atoms with Gasteiger partial charge in [0.1, 0.15) is 23.1 Å². The van der Waals surface area contributed by atoms with E-state index in [0.29, 0.717) is 17.9 Å². The van der Waals surface area contributed by atoms with E-state index in [1.165, 1.54) is 13.8 Å². The van der Waals surface area contributed by atoms with Gasteiger partial charge in [0.25, 0.3) is 0 Å². The molecule has 2 aromatic heterocycles. The second kappa shape index (κ2) is 5.14. The molecule has 0 amide bonds. The van der Waals surface area contributed by atoms with Crippen LogP contribution in [0.1, 0.15) is 26.0 Å². The first-order chi connectivity index (χ1) is 12.4. The molecule has 2 aliphatic heterocycles. The number of aromatic nitrogens is 4. The molecule has 3 aromatic rings. The standard InChI is InChI=1S/C18H20N4O4/c1-17(2,23)26-14-7-18(24)13(25-14)9-22-16(18)15(20-21-22)11-8-19-12-6-4-3-5-10(11)12/h3-6,8,13-14,19,23-24H,7,9H2,1-2H3/t13-,14-,18+/m1/s1. The Kier molecular flexibility index (Phi) is 3.15. The molecule has 8 heteroatoms. The topological polar surface area (TPSA) is 105 Å². The van der Waals surface area contributed by atoms with E-state index in [4.69, 9.17) is 9.47 Å². The van der Waals surface area contributed by atoms with E-state index >= 15 is 0 Å². The summed E-state index contributed by atoms with van der Waals surface area (Å²) in [6.07, 6.45) is 0.922. The highest BCUT2D eigenvalue weighted by molar-refractivity contribution is 5.95. The summed E-state index contributed by atoms with van der Waals surface area (Å²) < 4.78 is 13.0. The summed E-state index contributed by atoms with van der Waals surface area (Å²) >= 11 is 0. The van der Waals surface area contributed by atoms with E-state index in [1.54, 1.807) is 4.68 Å². The van der Waals surface area contributed by atoms with Crippen LogP contribution in [0.15, 0.2) is 30.5 Å². The van der Waals surface area contributed by atoms with Crippen molar-refractivity contribution in [1.29, 1.82) is 0 Å². The maximum atomic E-state index is 11.4. The molecule has 5 rings (SSSR count). The molecule has 8 nitrogen and oxygen atoms in total. The zero-order chi connectivity index (χ0) is 18.1. The molecular formula is C18H20N4O4. The molecule has 4 heterocycles. The van der Waals surface area contributed by atoms with Crippen LogP contribution in [0.25, 0.3) is 22.2 Å². The van der Waals surface area contributed by atoms with Gasteiger partial charge in [-0.2, -0.15) is 0 Å². The molecule has 1 aromatic carbocycles. The van der Waals surface area contributed by atoms with Crippen LogP contribution >= 0.6 is 0 Å². The fraction of sp³-hybridized carbons (Fsp3) is 0.444. The lowest BCUT2D eigenvalue weighted by molar-refractivity contribution is -0.269. The van der Waals surface area contributed by atoms with Gasteiger partial charge in [0.2, 0.25) is 0 Å². The number of aromatic amines is 1. The van der Waals surface area contributed by atoms with E-state index < -0.39 is 23.8 Å². The molecule has 26 heavy (non-hydrogen) atoms. The molecule has 1 saturated heterocycles. The highest BCUT2D eigenvalue weighted by Gasteiger charge is 2.57. The van der Waals surface area contributed by atoms with Crippen molar-refractivity contribution in [2.45, 2.75) is 50.6 Å². The van der Waals surface area contributed by atoms with Crippen LogP contribution in [0.3, 0.4) is 0 Å². The third-order valence-electron chi connectivity index (χ3n) is 5.07. The number of para-hydroxylation sites is 1. The largest absolute Gasteiger partial charge is 0.380 e. The number of aliphatic hydroxyl groups is 2. The molecule has 0 radical (unpaired) electrons. The SMILES string of the molecule is CC(C)(O)O[C@@H]1C[C@@]2(O)c3c(-c4c[nH]c5ccccc45)nnn3C[C@H]2O1. The number of hydrogen-bond donors (Lipinski definition) is 3. The van der Waals surface area contributed by atoms with Gasteiger partial charge in [0.05, 0.1) is 6.54 Å². The summed E-state index contributed by atoms with van der Waals surface area (Å²) in [6, 6.07) is 7.93. The minimum atomic E-state index is -1.34. The van der Waals surface area contributed by atoms with Crippen LogP contribution in [-0.2, 0) is 21.6 Å². The summed E-state index contributed by atoms with van der Waals surface area (Å²) in [5.74, 6) is -1.34. The monoisotopic (exact) mass is 356 g/mol. The third kappa shape index (κ3) is 2.23. The number of rotatable bonds is 3. The smallest absolute Gasteiger partial charge is 0.164 e. The molecule has 0 aliphatic carbocycles. The number of ether oxygens (including phenoxy) is 2. The number of nitrogens with zero attached hydrogens (tertiary/aromatic N) is 3. The van der Waals surface area contributed by atoms with Gasteiger partial charge in [-0.05, 0) is 19.9 Å². The number of nitrogens with one attached hydrogen (secondary N) is 1. The predicted molar refractivity (Wildman–Crippen MR) is 91.9 cm³/mol. The lowest BCUT2D eigenvalue weighted by atomic mass is 9.91. The van der Waals surface area contributed by atoms with Gasteiger partial charge in [-0.15, -0.1) is 5.10 Å². The normalized spacial score (nSPS) is 27.8. The van der Waals surface area contributed by atoms with Gasteiger partial charge in [-0.3, -0.25) is 0 Å². The Morgan fingerprint density at radius 2 is 2.19 bits per heavy atom. The average Bonchev–Trinajstić information content (AvgIpc) is 3.25. The van der Waals surface area contributed by atoms with Crippen molar-refractivity contribution in [3.63, 3.8) is 0 Å². The maximum absolute atomic E-state index is 11.4. The first kappa shape index (κ1) is 16.0. The second-order valence-electron chi connectivity index (χ2n) is 7.46. The quantitative estimate of drug-likeness (QED) is 0.614. The van der Waals surface area contributed by atoms with E-state index in [0.717, 1.165) is 16.5 Å². The number of fused-ring (bicyclic) bond motifs is 4. The number of hydrogen-bond acceptors (Lipinski definition) is 6. The fourth-order valence-corrected chi connectivity index (χ4v) is 4.04. The van der Waals surface area contributed by atoms with E-state index in [2.05, 4.69) is 15.3 Å². The van der Waals surface area contributed by atoms with E-state index in [-0.39, 0.29) is 6.42 Å². The van der Waals surface area contributed by atoms with Crippen molar-refractivity contribution in [3.05, 3.63) is 36.2 Å². The molecule has 0 bridgehead atoms. The summed E-state index contributed by atoms with van der Waals surface area (Å²) in [4.78, 5) is 3.23. The van der Waals surface area contributed by atoms with Crippen molar-refractivity contribution in [3.8, 4) is 11.3 Å². The van der Waals surface area contributed by atoms with Crippen molar-refractivity contribution in [1.82, 2.24) is 20.0 Å². The highest BCUT2D eigenvalue weighted by Crippen LogP contribution is 2.48. The molecule has 136 valence electrons. The van der Waals surface area contributed by atoms with Gasteiger partial charge in [-0.1, -0.05) is 23.4 Å². The van der Waals surface area contributed by atoms with Gasteiger partial charge < -0.3 is 24.7 Å². The highest BCUT2D eigenvalue weighted by atomic mass is 16.7. The van der Waals surface area contributed by atoms with Gasteiger partial charge in [0.15, 0.2) is 12.1 Å². The molecule has 2 aliphatic rings. The Hall–Kier alpha value is -2.26. The van der Waals surface area contributed by atoms with Crippen LogP contribution in [0.2, 0.25) is 0 Å². The van der Waals surface area contributed by atoms with Crippen LogP contribution < -0.4 is 0 Å². The lowest BCUT2D eigenvalue weighted by Gasteiger charge is -2.23. The summed E-state index contributed by atoms with van der Waals surface area (Å²) in [7, 11) is 0. The molecule has 0 saturated carbocycles.